The Morgan fingerprint density at radius 1 is 1.25 bits per heavy atom. The average Bonchev–Trinajstić information content (AvgIpc) is 2.48. The molecule has 0 spiro atoms. The van der Waals surface area contributed by atoms with Crippen molar-refractivity contribution >= 4 is 22.8 Å². The van der Waals surface area contributed by atoms with Crippen LogP contribution in [0.2, 0.25) is 0 Å². The van der Waals surface area contributed by atoms with Gasteiger partial charge in [0.05, 0.1) is 13.7 Å². The third kappa shape index (κ3) is 1.90. The van der Waals surface area contributed by atoms with Gasteiger partial charge in [-0.05, 0) is 30.7 Å². The van der Waals surface area contributed by atoms with Gasteiger partial charge in [-0.1, -0.05) is 18.2 Å². The monoisotopic (exact) mass is 270 g/mol. The van der Waals surface area contributed by atoms with E-state index in [1.165, 1.54) is 0 Å². The normalized spacial score (nSPS) is 12.6. The van der Waals surface area contributed by atoms with Crippen LogP contribution in [-0.4, -0.2) is 19.7 Å². The lowest BCUT2D eigenvalue weighted by Crippen LogP contribution is -2.14. The average molecular weight is 270 g/mol. The Balaban J connectivity index is 2.17. The maximum atomic E-state index is 11.8. The molecular formula is C16H14O4. The Morgan fingerprint density at radius 2 is 2.10 bits per heavy atom. The highest BCUT2D eigenvalue weighted by atomic mass is 16.6. The van der Waals surface area contributed by atoms with Crippen LogP contribution < -0.4 is 9.47 Å². The molecule has 102 valence electrons. The number of hydrogen-bond donors (Lipinski definition) is 0. The first-order chi connectivity index (χ1) is 9.74. The Bertz CT molecular complexity index is 716. The molecule has 0 saturated heterocycles. The Morgan fingerprint density at radius 3 is 2.85 bits per heavy atom. The summed E-state index contributed by atoms with van der Waals surface area (Å²) in [6.45, 7) is 2.08. The first-order valence-corrected chi connectivity index (χ1v) is 6.41. The van der Waals surface area contributed by atoms with E-state index in [-0.39, 0.29) is 5.76 Å². The van der Waals surface area contributed by atoms with Crippen LogP contribution in [0, 0.1) is 0 Å². The Kier molecular flexibility index (Phi) is 3.06. The van der Waals surface area contributed by atoms with E-state index in [0.717, 1.165) is 22.1 Å². The maximum absolute atomic E-state index is 11.8. The first kappa shape index (κ1) is 12.5. The predicted molar refractivity (Wildman–Crippen MR) is 75.7 cm³/mol. The van der Waals surface area contributed by atoms with Crippen molar-refractivity contribution in [1.82, 2.24) is 0 Å². The molecule has 0 radical (unpaired) electrons. The largest absolute Gasteiger partial charge is 0.496 e. The van der Waals surface area contributed by atoms with Gasteiger partial charge in [-0.3, -0.25) is 0 Å². The molecule has 2 aromatic rings. The highest BCUT2D eigenvalue weighted by Gasteiger charge is 2.22. The molecule has 0 atom stereocenters. The Hall–Kier alpha value is -2.49. The van der Waals surface area contributed by atoms with Gasteiger partial charge in [-0.15, -0.1) is 0 Å². The topological polar surface area (TPSA) is 44.8 Å². The van der Waals surface area contributed by atoms with E-state index >= 15 is 0 Å². The molecule has 0 bridgehead atoms. The molecule has 1 aliphatic heterocycles. The number of rotatable bonds is 3. The number of benzene rings is 2. The van der Waals surface area contributed by atoms with E-state index in [9.17, 15) is 4.79 Å². The molecule has 0 N–H and O–H groups in total. The van der Waals surface area contributed by atoms with Crippen molar-refractivity contribution in [2.75, 3.05) is 13.7 Å². The van der Waals surface area contributed by atoms with Crippen molar-refractivity contribution in [3.05, 3.63) is 41.7 Å². The smallest absolute Gasteiger partial charge is 0.374 e. The molecule has 4 heteroatoms. The fourth-order valence-electron chi connectivity index (χ4n) is 2.35. The predicted octanol–water partition coefficient (Wildman–Crippen LogP) is 3.14. The highest BCUT2D eigenvalue weighted by Crippen LogP contribution is 2.39. The number of carbonyl (C=O) groups excluding carboxylic acids is 1. The van der Waals surface area contributed by atoms with E-state index in [1.54, 1.807) is 26.2 Å². The molecule has 1 heterocycles. The summed E-state index contributed by atoms with van der Waals surface area (Å²) in [5, 5.41) is 1.90. The molecule has 1 aliphatic rings. The zero-order valence-corrected chi connectivity index (χ0v) is 11.3. The van der Waals surface area contributed by atoms with E-state index in [2.05, 4.69) is 0 Å². The zero-order valence-electron chi connectivity index (χ0n) is 11.3. The van der Waals surface area contributed by atoms with Gasteiger partial charge < -0.3 is 14.2 Å². The Labute approximate surface area is 116 Å². The SMILES string of the molecule is CCOC(=O)C1=Cc2cccc3c(OC)ccc(c23)O1. The molecule has 20 heavy (non-hydrogen) atoms. The molecule has 0 fully saturated rings. The van der Waals surface area contributed by atoms with Crippen LogP contribution in [0.4, 0.5) is 0 Å². The molecule has 3 rings (SSSR count). The second kappa shape index (κ2) is 4.89. The molecule has 0 aliphatic carbocycles. The minimum absolute atomic E-state index is 0.206. The van der Waals surface area contributed by atoms with Gasteiger partial charge in [0.25, 0.3) is 0 Å². The van der Waals surface area contributed by atoms with Crippen molar-refractivity contribution in [2.45, 2.75) is 6.92 Å². The number of hydrogen-bond acceptors (Lipinski definition) is 4. The summed E-state index contributed by atoms with van der Waals surface area (Å²) in [4.78, 5) is 11.8. The van der Waals surface area contributed by atoms with E-state index in [0.29, 0.717) is 12.4 Å². The van der Waals surface area contributed by atoms with Crippen LogP contribution >= 0.6 is 0 Å². The van der Waals surface area contributed by atoms with Crippen molar-refractivity contribution in [3.63, 3.8) is 0 Å². The molecule has 2 aromatic carbocycles. The molecule has 4 nitrogen and oxygen atoms in total. The second-order valence-corrected chi connectivity index (χ2v) is 4.37. The van der Waals surface area contributed by atoms with Gasteiger partial charge >= 0.3 is 5.97 Å². The summed E-state index contributed by atoms with van der Waals surface area (Å²) < 4.78 is 16.0. The fraction of sp³-hybridized carbons (Fsp3) is 0.188. The van der Waals surface area contributed by atoms with E-state index < -0.39 is 5.97 Å². The van der Waals surface area contributed by atoms with E-state index in [4.69, 9.17) is 14.2 Å². The summed E-state index contributed by atoms with van der Waals surface area (Å²) in [5.41, 5.74) is 0.922. The molecule has 0 saturated carbocycles. The summed E-state index contributed by atoms with van der Waals surface area (Å²) in [6.07, 6.45) is 1.70. The van der Waals surface area contributed by atoms with Crippen LogP contribution in [0.15, 0.2) is 36.1 Å². The quantitative estimate of drug-likeness (QED) is 0.804. The van der Waals surface area contributed by atoms with Gasteiger partial charge in [0.15, 0.2) is 0 Å². The van der Waals surface area contributed by atoms with Gasteiger partial charge in [-0.25, -0.2) is 4.79 Å². The van der Waals surface area contributed by atoms with Gasteiger partial charge in [0, 0.05) is 10.8 Å². The van der Waals surface area contributed by atoms with Gasteiger partial charge in [0.1, 0.15) is 11.5 Å². The van der Waals surface area contributed by atoms with Crippen LogP contribution in [0.1, 0.15) is 12.5 Å². The van der Waals surface area contributed by atoms with Crippen LogP contribution in [-0.2, 0) is 9.53 Å². The second-order valence-electron chi connectivity index (χ2n) is 4.37. The summed E-state index contributed by atoms with van der Waals surface area (Å²) >= 11 is 0. The maximum Gasteiger partial charge on any atom is 0.374 e. The van der Waals surface area contributed by atoms with Crippen LogP contribution in [0.3, 0.4) is 0 Å². The lowest BCUT2D eigenvalue weighted by molar-refractivity contribution is -0.140. The zero-order chi connectivity index (χ0) is 14.1. The van der Waals surface area contributed by atoms with E-state index in [1.807, 2.05) is 24.3 Å². The van der Waals surface area contributed by atoms with Crippen LogP contribution in [0.5, 0.6) is 11.5 Å². The minimum atomic E-state index is -0.453. The fourth-order valence-corrected chi connectivity index (χ4v) is 2.35. The number of esters is 1. The molecule has 0 amide bonds. The summed E-state index contributed by atoms with van der Waals surface area (Å²) in [5.74, 6) is 1.17. The number of methoxy groups -OCH3 is 1. The molecule has 0 unspecified atom stereocenters. The number of carbonyl (C=O) groups is 1. The minimum Gasteiger partial charge on any atom is -0.496 e. The third-order valence-electron chi connectivity index (χ3n) is 3.20. The summed E-state index contributed by atoms with van der Waals surface area (Å²) in [7, 11) is 1.63. The number of ether oxygens (including phenoxy) is 3. The van der Waals surface area contributed by atoms with Crippen molar-refractivity contribution in [1.29, 1.82) is 0 Å². The lowest BCUT2D eigenvalue weighted by Gasteiger charge is -2.19. The highest BCUT2D eigenvalue weighted by molar-refractivity contribution is 6.04. The van der Waals surface area contributed by atoms with Crippen molar-refractivity contribution in [2.24, 2.45) is 0 Å². The van der Waals surface area contributed by atoms with Gasteiger partial charge in [0.2, 0.25) is 5.76 Å². The molecule has 0 aromatic heterocycles. The third-order valence-corrected chi connectivity index (χ3v) is 3.20. The van der Waals surface area contributed by atoms with Gasteiger partial charge in [-0.2, -0.15) is 0 Å². The summed E-state index contributed by atoms with van der Waals surface area (Å²) in [6, 6.07) is 9.46. The lowest BCUT2D eigenvalue weighted by atomic mass is 10.0. The van der Waals surface area contributed by atoms with Crippen LogP contribution in [0.25, 0.3) is 16.8 Å². The van der Waals surface area contributed by atoms with Crippen molar-refractivity contribution < 1.29 is 19.0 Å². The first-order valence-electron chi connectivity index (χ1n) is 6.41. The molecular weight excluding hydrogens is 256 g/mol. The van der Waals surface area contributed by atoms with Crippen molar-refractivity contribution in [3.8, 4) is 11.5 Å². The standard InChI is InChI=1S/C16H14O4/c1-3-19-16(17)14-9-10-5-4-6-11-12(18-2)7-8-13(20-14)15(10)11/h4-9H,3H2,1-2H3.